The van der Waals surface area contributed by atoms with Gasteiger partial charge in [0, 0.05) is 14.1 Å². The maximum absolute atomic E-state index is 11.8. The fourth-order valence-electron chi connectivity index (χ4n) is 1.86. The van der Waals surface area contributed by atoms with Gasteiger partial charge in [0.25, 0.3) is 0 Å². The highest BCUT2D eigenvalue weighted by molar-refractivity contribution is 6.35. The minimum atomic E-state index is -0.303. The van der Waals surface area contributed by atoms with Gasteiger partial charge in [-0.05, 0) is 12.1 Å². The number of hydrazone groups is 1. The quantitative estimate of drug-likeness (QED) is 0.666. The van der Waals surface area contributed by atoms with E-state index in [0.29, 0.717) is 21.7 Å². The number of imidazole rings is 1. The number of hydrogen-bond donors (Lipinski definition) is 1. The molecule has 0 saturated heterocycles. The first kappa shape index (κ1) is 13.7. The molecule has 100 valence electrons. The fourth-order valence-corrected chi connectivity index (χ4v) is 2.20. The molecule has 8 heteroatoms. The van der Waals surface area contributed by atoms with Gasteiger partial charge in [0.2, 0.25) is 5.71 Å². The molecule has 0 unspecified atom stereocenters. The molecule has 2 rings (SSSR count). The van der Waals surface area contributed by atoms with Gasteiger partial charge in [-0.2, -0.15) is 15.6 Å². The van der Waals surface area contributed by atoms with Crippen LogP contribution in [0.4, 0.5) is 5.69 Å². The second-order valence-corrected chi connectivity index (χ2v) is 4.43. The van der Waals surface area contributed by atoms with Gasteiger partial charge in [-0.15, -0.1) is 0 Å². The van der Waals surface area contributed by atoms with E-state index in [1.807, 2.05) is 0 Å². The van der Waals surface area contributed by atoms with Gasteiger partial charge in [0.05, 0.1) is 21.7 Å². The van der Waals surface area contributed by atoms with Gasteiger partial charge in [0.1, 0.15) is 12.1 Å². The van der Waals surface area contributed by atoms with Crippen molar-refractivity contribution >= 4 is 34.0 Å². The van der Waals surface area contributed by atoms with E-state index in [1.165, 1.54) is 9.13 Å². The second kappa shape index (κ2) is 5.08. The van der Waals surface area contributed by atoms with Gasteiger partial charge in [-0.1, -0.05) is 11.6 Å². The van der Waals surface area contributed by atoms with Crippen LogP contribution in [-0.4, -0.2) is 14.8 Å². The van der Waals surface area contributed by atoms with E-state index in [0.717, 1.165) is 0 Å². The smallest absolute Gasteiger partial charge is 0.295 e. The Morgan fingerprint density at radius 1 is 1.30 bits per heavy atom. The Morgan fingerprint density at radius 2 is 1.95 bits per heavy atom. The number of hydrogen-bond acceptors (Lipinski definition) is 5. The molecule has 1 heterocycles. The lowest BCUT2D eigenvalue weighted by Crippen LogP contribution is -2.19. The van der Waals surface area contributed by atoms with Crippen molar-refractivity contribution in [3.05, 3.63) is 27.6 Å². The number of aryl methyl sites for hydroxylation is 2. The molecule has 7 nitrogen and oxygen atoms in total. The van der Waals surface area contributed by atoms with Crippen LogP contribution >= 0.6 is 11.6 Å². The zero-order valence-corrected chi connectivity index (χ0v) is 11.4. The number of rotatable bonds is 2. The van der Waals surface area contributed by atoms with Crippen molar-refractivity contribution in [1.29, 1.82) is 10.5 Å². The second-order valence-electron chi connectivity index (χ2n) is 4.02. The normalized spacial score (nSPS) is 9.85. The van der Waals surface area contributed by atoms with Crippen LogP contribution in [0.5, 0.6) is 0 Å². The highest BCUT2D eigenvalue weighted by Crippen LogP contribution is 2.26. The van der Waals surface area contributed by atoms with Gasteiger partial charge in [-0.25, -0.2) is 4.79 Å². The molecule has 20 heavy (non-hydrogen) atoms. The molecule has 0 aliphatic carbocycles. The SMILES string of the molecule is Cn1c(=O)n(C)c2c(Cl)cc(NN=C(C#N)C#N)cc21. The summed E-state index contributed by atoms with van der Waals surface area (Å²) in [5, 5.41) is 21.2. The van der Waals surface area contributed by atoms with Crippen LogP contribution in [0.15, 0.2) is 22.0 Å². The molecule has 0 spiro atoms. The lowest BCUT2D eigenvalue weighted by molar-refractivity contribution is 0.795. The molecule has 1 aromatic carbocycles. The molecule has 0 fully saturated rings. The Balaban J connectivity index is 2.58. The van der Waals surface area contributed by atoms with E-state index in [9.17, 15) is 4.79 Å². The summed E-state index contributed by atoms with van der Waals surface area (Å²) in [6.45, 7) is 0. The highest BCUT2D eigenvalue weighted by atomic mass is 35.5. The Hall–Kier alpha value is -2.77. The summed E-state index contributed by atoms with van der Waals surface area (Å²) in [5.74, 6) is 0. The number of aromatic nitrogens is 2. The van der Waals surface area contributed by atoms with Crippen LogP contribution in [-0.2, 0) is 14.1 Å². The molecule has 0 bridgehead atoms. The van der Waals surface area contributed by atoms with Crippen molar-refractivity contribution in [2.45, 2.75) is 0 Å². The summed E-state index contributed by atoms with van der Waals surface area (Å²) in [6, 6.07) is 6.50. The van der Waals surface area contributed by atoms with Crippen molar-refractivity contribution in [3.8, 4) is 12.1 Å². The molecular formula is C12H9ClN6O. The Kier molecular flexibility index (Phi) is 3.47. The van der Waals surface area contributed by atoms with Crippen LogP contribution in [0.2, 0.25) is 5.02 Å². The topological polar surface area (TPSA) is 98.9 Å². The number of nitriles is 2. The predicted octanol–water partition coefficient (Wildman–Crippen LogP) is 1.35. The zero-order chi connectivity index (χ0) is 14.9. The summed E-state index contributed by atoms with van der Waals surface area (Å²) >= 11 is 6.14. The summed E-state index contributed by atoms with van der Waals surface area (Å²) < 4.78 is 2.90. The third kappa shape index (κ3) is 2.11. The Bertz CT molecular complexity index is 845. The molecule has 0 amide bonds. The van der Waals surface area contributed by atoms with Gasteiger partial charge >= 0.3 is 5.69 Å². The Morgan fingerprint density at radius 3 is 2.55 bits per heavy atom. The van der Waals surface area contributed by atoms with E-state index >= 15 is 0 Å². The lowest BCUT2D eigenvalue weighted by Gasteiger charge is -2.04. The first-order valence-corrected chi connectivity index (χ1v) is 5.86. The van der Waals surface area contributed by atoms with Crippen molar-refractivity contribution < 1.29 is 0 Å². The Labute approximate surface area is 118 Å². The van der Waals surface area contributed by atoms with Crippen molar-refractivity contribution in [2.24, 2.45) is 19.2 Å². The summed E-state index contributed by atoms with van der Waals surface area (Å²) in [6.07, 6.45) is 0. The lowest BCUT2D eigenvalue weighted by atomic mass is 10.2. The average Bonchev–Trinajstić information content (AvgIpc) is 2.65. The molecule has 1 N–H and O–H groups in total. The van der Waals surface area contributed by atoms with Crippen LogP contribution in [0.3, 0.4) is 0 Å². The largest absolute Gasteiger partial charge is 0.328 e. The van der Waals surface area contributed by atoms with E-state index in [1.54, 1.807) is 38.4 Å². The molecule has 0 aliphatic heterocycles. The van der Waals surface area contributed by atoms with Crippen molar-refractivity contribution in [3.63, 3.8) is 0 Å². The summed E-state index contributed by atoms with van der Waals surface area (Å²) in [5.41, 5.74) is 3.78. The van der Waals surface area contributed by atoms with Crippen molar-refractivity contribution in [2.75, 3.05) is 5.43 Å². The van der Waals surface area contributed by atoms with Crippen LogP contribution in [0.1, 0.15) is 0 Å². The zero-order valence-electron chi connectivity index (χ0n) is 10.7. The molecule has 0 saturated carbocycles. The van der Waals surface area contributed by atoms with E-state index in [-0.39, 0.29) is 11.4 Å². The summed E-state index contributed by atoms with van der Waals surface area (Å²) in [7, 11) is 3.26. The van der Waals surface area contributed by atoms with Gasteiger partial charge in [0.15, 0.2) is 0 Å². The highest BCUT2D eigenvalue weighted by Gasteiger charge is 2.12. The molecule has 1 aromatic heterocycles. The minimum absolute atomic E-state index is 0.197. The maximum atomic E-state index is 11.8. The number of benzene rings is 1. The standard InChI is InChI=1S/C12H9ClN6O/c1-18-10-4-7(16-17-8(5-14)6-15)3-9(13)11(10)19(2)12(18)20/h3-4,16H,1-2H3. The first-order chi connectivity index (χ1) is 9.49. The third-order valence-corrected chi connectivity index (χ3v) is 3.11. The van der Waals surface area contributed by atoms with Crippen LogP contribution < -0.4 is 11.1 Å². The molecular weight excluding hydrogens is 280 g/mol. The predicted molar refractivity (Wildman–Crippen MR) is 75.5 cm³/mol. The monoisotopic (exact) mass is 288 g/mol. The van der Waals surface area contributed by atoms with Gasteiger partial charge in [-0.3, -0.25) is 14.6 Å². The number of halogens is 1. The van der Waals surface area contributed by atoms with Crippen LogP contribution in [0.25, 0.3) is 11.0 Å². The number of anilines is 1. The molecule has 0 radical (unpaired) electrons. The van der Waals surface area contributed by atoms with Crippen LogP contribution in [0, 0.1) is 22.7 Å². The average molecular weight is 289 g/mol. The molecule has 0 aliphatic rings. The first-order valence-electron chi connectivity index (χ1n) is 5.48. The maximum Gasteiger partial charge on any atom is 0.328 e. The fraction of sp³-hybridized carbons (Fsp3) is 0.167. The number of nitrogens with one attached hydrogen (secondary N) is 1. The number of fused-ring (bicyclic) bond motifs is 1. The molecule has 0 atom stereocenters. The molecule has 2 aromatic rings. The third-order valence-electron chi connectivity index (χ3n) is 2.82. The number of nitrogens with zero attached hydrogens (tertiary/aromatic N) is 5. The van der Waals surface area contributed by atoms with Crippen molar-refractivity contribution in [1.82, 2.24) is 9.13 Å². The van der Waals surface area contributed by atoms with E-state index in [2.05, 4.69) is 10.5 Å². The van der Waals surface area contributed by atoms with E-state index in [4.69, 9.17) is 22.1 Å². The van der Waals surface area contributed by atoms with E-state index < -0.39 is 0 Å². The van der Waals surface area contributed by atoms with Gasteiger partial charge < -0.3 is 0 Å². The minimum Gasteiger partial charge on any atom is -0.295 e. The summed E-state index contributed by atoms with van der Waals surface area (Å²) in [4.78, 5) is 11.8.